The van der Waals surface area contributed by atoms with Crippen molar-refractivity contribution in [3.05, 3.63) is 51.2 Å². The van der Waals surface area contributed by atoms with Gasteiger partial charge in [-0.1, -0.05) is 12.1 Å². The Morgan fingerprint density at radius 3 is 2.20 bits per heavy atom. The Balaban J connectivity index is 2.19. The van der Waals surface area contributed by atoms with Gasteiger partial charge >= 0.3 is 6.36 Å². The lowest BCUT2D eigenvalue weighted by Crippen LogP contribution is -2.17. The second-order valence-corrected chi connectivity index (χ2v) is 6.11. The molecule has 0 spiro atoms. The average Bonchev–Trinajstić information content (AvgIpc) is 2.66. The first kappa shape index (κ1) is 15.2. The largest absolute Gasteiger partial charge is 0.573 e. The maximum absolute atomic E-state index is 12.1. The average molecular weight is 321 g/mol. The fourth-order valence-corrected chi connectivity index (χ4v) is 3.39. The summed E-state index contributed by atoms with van der Waals surface area (Å²) in [6.45, 7) is 3.96. The van der Waals surface area contributed by atoms with Gasteiger partial charge < -0.3 is 4.74 Å². The van der Waals surface area contributed by atoms with E-state index in [-0.39, 0.29) is 11.1 Å². The Morgan fingerprint density at radius 2 is 1.75 bits per heavy atom. The van der Waals surface area contributed by atoms with Crippen LogP contribution in [0.4, 0.5) is 13.2 Å². The molecule has 1 nitrogen and oxygen atoms in total. The van der Waals surface area contributed by atoms with Crippen LogP contribution in [0.3, 0.4) is 0 Å². The van der Waals surface area contributed by atoms with E-state index in [0.29, 0.717) is 0 Å². The molecule has 0 aliphatic rings. The first-order valence-electron chi connectivity index (χ1n) is 5.83. The molecule has 0 N–H and O–H groups in total. The predicted molar refractivity (Wildman–Crippen MR) is 74.6 cm³/mol. The van der Waals surface area contributed by atoms with Gasteiger partial charge in [-0.2, -0.15) is 0 Å². The van der Waals surface area contributed by atoms with Gasteiger partial charge in [0.15, 0.2) is 0 Å². The Morgan fingerprint density at radius 1 is 1.15 bits per heavy atom. The second-order valence-electron chi connectivity index (χ2n) is 4.38. The van der Waals surface area contributed by atoms with E-state index in [1.54, 1.807) is 23.5 Å². The molecule has 1 aromatic heterocycles. The van der Waals surface area contributed by atoms with Crippen LogP contribution in [0.5, 0.6) is 5.75 Å². The van der Waals surface area contributed by atoms with Crippen molar-refractivity contribution in [1.82, 2.24) is 0 Å². The summed E-state index contributed by atoms with van der Waals surface area (Å²) in [4.78, 5) is 2.16. The van der Waals surface area contributed by atoms with Gasteiger partial charge in [0, 0.05) is 9.75 Å². The van der Waals surface area contributed by atoms with Crippen LogP contribution in [0.15, 0.2) is 30.3 Å². The summed E-state index contributed by atoms with van der Waals surface area (Å²) in [5.41, 5.74) is 1.83. The third kappa shape index (κ3) is 3.67. The quantitative estimate of drug-likeness (QED) is 0.670. The number of halogens is 4. The molecule has 2 rings (SSSR count). The van der Waals surface area contributed by atoms with Crippen LogP contribution < -0.4 is 4.74 Å². The molecule has 1 heterocycles. The van der Waals surface area contributed by atoms with Crippen LogP contribution in [0.25, 0.3) is 0 Å². The molecule has 0 radical (unpaired) electrons. The van der Waals surface area contributed by atoms with E-state index in [1.807, 2.05) is 19.9 Å². The van der Waals surface area contributed by atoms with E-state index in [0.717, 1.165) is 20.9 Å². The number of alkyl halides is 4. The molecule has 1 unspecified atom stereocenters. The van der Waals surface area contributed by atoms with Gasteiger partial charge in [0.2, 0.25) is 0 Å². The van der Waals surface area contributed by atoms with Crippen LogP contribution >= 0.6 is 22.9 Å². The fraction of sp³-hybridized carbons (Fsp3) is 0.286. The minimum absolute atomic E-state index is 0.246. The number of aryl methyl sites for hydroxylation is 2. The minimum atomic E-state index is -4.68. The molecule has 0 bridgehead atoms. The van der Waals surface area contributed by atoms with Gasteiger partial charge in [-0.3, -0.25) is 0 Å². The molecule has 0 saturated heterocycles. The zero-order valence-electron chi connectivity index (χ0n) is 10.8. The highest BCUT2D eigenvalue weighted by atomic mass is 35.5. The van der Waals surface area contributed by atoms with Crippen LogP contribution in [0, 0.1) is 13.8 Å². The summed E-state index contributed by atoms with van der Waals surface area (Å²) < 4.78 is 40.1. The summed E-state index contributed by atoms with van der Waals surface area (Å²) in [7, 11) is 0. The van der Waals surface area contributed by atoms with Gasteiger partial charge in [-0.05, 0) is 43.2 Å². The Bertz CT molecular complexity index is 589. The van der Waals surface area contributed by atoms with Crippen molar-refractivity contribution in [3.8, 4) is 5.75 Å². The summed E-state index contributed by atoms with van der Waals surface area (Å²) in [6, 6.07) is 7.68. The van der Waals surface area contributed by atoms with Crippen molar-refractivity contribution in [2.45, 2.75) is 25.6 Å². The van der Waals surface area contributed by atoms with Gasteiger partial charge in [-0.25, -0.2) is 0 Å². The van der Waals surface area contributed by atoms with Crippen LogP contribution in [0.1, 0.15) is 26.3 Å². The monoisotopic (exact) mass is 320 g/mol. The zero-order valence-corrected chi connectivity index (χ0v) is 12.4. The number of benzene rings is 1. The van der Waals surface area contributed by atoms with E-state index in [9.17, 15) is 13.2 Å². The standard InChI is InChI=1S/C14H12ClF3OS/c1-8-7-9(2)20-13(8)12(15)10-3-5-11(6-4-10)19-14(16,17)18/h3-7,12H,1-2H3. The molecule has 0 saturated carbocycles. The van der Waals surface area contributed by atoms with E-state index in [1.165, 1.54) is 12.1 Å². The predicted octanol–water partition coefficient (Wildman–Crippen LogP) is 5.59. The minimum Gasteiger partial charge on any atom is -0.406 e. The van der Waals surface area contributed by atoms with Crippen molar-refractivity contribution < 1.29 is 17.9 Å². The van der Waals surface area contributed by atoms with Crippen LogP contribution in [-0.2, 0) is 0 Å². The normalized spacial score (nSPS) is 13.3. The highest BCUT2D eigenvalue weighted by molar-refractivity contribution is 7.12. The molecular weight excluding hydrogens is 309 g/mol. The molecule has 0 aliphatic heterocycles. The van der Waals surface area contributed by atoms with Gasteiger partial charge in [0.25, 0.3) is 0 Å². The summed E-state index contributed by atoms with van der Waals surface area (Å²) in [5, 5.41) is -0.367. The van der Waals surface area contributed by atoms with Gasteiger partial charge in [-0.15, -0.1) is 36.1 Å². The van der Waals surface area contributed by atoms with Gasteiger partial charge in [0.1, 0.15) is 5.75 Å². The number of hydrogen-bond donors (Lipinski definition) is 0. The molecule has 1 aromatic carbocycles. The topological polar surface area (TPSA) is 9.23 Å². The smallest absolute Gasteiger partial charge is 0.406 e. The van der Waals surface area contributed by atoms with E-state index < -0.39 is 6.36 Å². The van der Waals surface area contributed by atoms with Crippen LogP contribution in [-0.4, -0.2) is 6.36 Å². The number of hydrogen-bond acceptors (Lipinski definition) is 2. The third-order valence-electron chi connectivity index (χ3n) is 2.72. The molecule has 2 aromatic rings. The third-order valence-corrected chi connectivity index (χ3v) is 4.53. The molecule has 20 heavy (non-hydrogen) atoms. The zero-order chi connectivity index (χ0) is 14.9. The summed E-state index contributed by atoms with van der Waals surface area (Å²) in [5.74, 6) is -0.246. The van der Waals surface area contributed by atoms with Crippen molar-refractivity contribution in [2.75, 3.05) is 0 Å². The lowest BCUT2D eigenvalue weighted by atomic mass is 10.1. The highest BCUT2D eigenvalue weighted by Crippen LogP contribution is 2.37. The SMILES string of the molecule is Cc1cc(C)c(C(Cl)c2ccc(OC(F)(F)F)cc2)s1. The Labute approximate surface area is 124 Å². The van der Waals surface area contributed by atoms with Crippen molar-refractivity contribution in [2.24, 2.45) is 0 Å². The summed E-state index contributed by atoms with van der Waals surface area (Å²) in [6.07, 6.45) is -4.68. The Hall–Kier alpha value is -1.20. The Kier molecular flexibility index (Phi) is 4.30. The number of thiophene rings is 1. The van der Waals surface area contributed by atoms with E-state index in [4.69, 9.17) is 11.6 Å². The molecule has 1 atom stereocenters. The van der Waals surface area contributed by atoms with Crippen molar-refractivity contribution in [1.29, 1.82) is 0 Å². The molecule has 0 fully saturated rings. The highest BCUT2D eigenvalue weighted by Gasteiger charge is 2.31. The number of rotatable bonds is 3. The molecule has 108 valence electrons. The van der Waals surface area contributed by atoms with E-state index in [2.05, 4.69) is 4.74 Å². The lowest BCUT2D eigenvalue weighted by molar-refractivity contribution is -0.274. The molecule has 0 aliphatic carbocycles. The van der Waals surface area contributed by atoms with Crippen molar-refractivity contribution >= 4 is 22.9 Å². The maximum Gasteiger partial charge on any atom is 0.573 e. The lowest BCUT2D eigenvalue weighted by Gasteiger charge is -2.12. The van der Waals surface area contributed by atoms with E-state index >= 15 is 0 Å². The summed E-state index contributed by atoms with van der Waals surface area (Å²) >= 11 is 7.97. The van der Waals surface area contributed by atoms with Crippen LogP contribution in [0.2, 0.25) is 0 Å². The maximum atomic E-state index is 12.1. The molecule has 6 heteroatoms. The first-order chi connectivity index (χ1) is 9.26. The second kappa shape index (κ2) is 5.66. The number of ether oxygens (including phenoxy) is 1. The molecule has 0 amide bonds. The fourth-order valence-electron chi connectivity index (χ4n) is 1.90. The van der Waals surface area contributed by atoms with Gasteiger partial charge in [0.05, 0.1) is 5.38 Å². The van der Waals surface area contributed by atoms with Crippen molar-refractivity contribution in [3.63, 3.8) is 0 Å². The first-order valence-corrected chi connectivity index (χ1v) is 7.08. The molecular formula is C14H12ClF3OS.